The summed E-state index contributed by atoms with van der Waals surface area (Å²) in [7, 11) is 0. The van der Waals surface area contributed by atoms with Crippen molar-refractivity contribution in [1.29, 1.82) is 0 Å². The van der Waals surface area contributed by atoms with E-state index in [1.54, 1.807) is 0 Å². The van der Waals surface area contributed by atoms with Gasteiger partial charge in [0.2, 0.25) is 0 Å². The largest absolute Gasteiger partial charge is 0.315 e. The second-order valence-corrected chi connectivity index (χ2v) is 6.40. The average Bonchev–Trinajstić information content (AvgIpc) is 2.53. The molecule has 1 fully saturated rings. The highest BCUT2D eigenvalue weighted by Crippen LogP contribution is 2.31. The Bertz CT molecular complexity index is 199. The third-order valence-corrected chi connectivity index (χ3v) is 3.73. The molecule has 0 aliphatic carbocycles. The molecule has 1 saturated heterocycles. The summed E-state index contributed by atoms with van der Waals surface area (Å²) in [5, 5.41) is 3.58. The molecule has 0 spiro atoms. The monoisotopic (exact) mass is 226 g/mol. The topological polar surface area (TPSA) is 15.3 Å². The minimum Gasteiger partial charge on any atom is -0.315 e. The Hall–Kier alpha value is -0.0800. The van der Waals surface area contributed by atoms with Crippen molar-refractivity contribution >= 4 is 0 Å². The van der Waals surface area contributed by atoms with Gasteiger partial charge in [0.1, 0.15) is 0 Å². The van der Waals surface area contributed by atoms with Crippen molar-refractivity contribution in [3.05, 3.63) is 0 Å². The Morgan fingerprint density at radius 1 is 1.31 bits per heavy atom. The first-order valence-electron chi connectivity index (χ1n) is 6.91. The molecule has 0 aromatic heterocycles. The lowest BCUT2D eigenvalue weighted by atomic mass is 9.93. The van der Waals surface area contributed by atoms with Gasteiger partial charge in [0.25, 0.3) is 0 Å². The minimum absolute atomic E-state index is 0.526. The Balaban J connectivity index is 2.44. The van der Waals surface area contributed by atoms with Crippen LogP contribution in [0.2, 0.25) is 0 Å². The van der Waals surface area contributed by atoms with Gasteiger partial charge in [0.05, 0.1) is 0 Å². The normalized spacial score (nSPS) is 22.9. The predicted octanol–water partition coefficient (Wildman–Crippen LogP) is 2.74. The summed E-state index contributed by atoms with van der Waals surface area (Å²) in [6.45, 7) is 16.6. The van der Waals surface area contributed by atoms with Crippen molar-refractivity contribution in [3.8, 4) is 0 Å². The molecule has 0 aromatic rings. The number of hydrogen-bond acceptors (Lipinski definition) is 2. The molecule has 0 radical (unpaired) electrons. The van der Waals surface area contributed by atoms with Crippen LogP contribution in [0.4, 0.5) is 0 Å². The first kappa shape index (κ1) is 14.0. The summed E-state index contributed by atoms with van der Waals surface area (Å²) >= 11 is 0. The molecule has 1 atom stereocenters. The SMILES string of the molecule is CCCNCC(C(C)C)N1CCC(C)(C)C1. The van der Waals surface area contributed by atoms with Gasteiger partial charge in [-0.2, -0.15) is 0 Å². The van der Waals surface area contributed by atoms with Crippen molar-refractivity contribution in [2.24, 2.45) is 11.3 Å². The van der Waals surface area contributed by atoms with E-state index in [1.165, 1.54) is 25.9 Å². The van der Waals surface area contributed by atoms with Crippen LogP contribution in [0.5, 0.6) is 0 Å². The molecule has 0 bridgehead atoms. The van der Waals surface area contributed by atoms with E-state index in [9.17, 15) is 0 Å². The van der Waals surface area contributed by atoms with E-state index in [1.807, 2.05) is 0 Å². The molecule has 0 amide bonds. The number of likely N-dealkylation sites (tertiary alicyclic amines) is 1. The van der Waals surface area contributed by atoms with E-state index in [2.05, 4.69) is 44.8 Å². The summed E-state index contributed by atoms with van der Waals surface area (Å²) in [6.07, 6.45) is 2.58. The summed E-state index contributed by atoms with van der Waals surface area (Å²) in [6, 6.07) is 0.716. The molecule has 96 valence electrons. The van der Waals surface area contributed by atoms with E-state index in [-0.39, 0.29) is 0 Å². The van der Waals surface area contributed by atoms with Gasteiger partial charge in [-0.15, -0.1) is 0 Å². The summed E-state index contributed by atoms with van der Waals surface area (Å²) in [5.74, 6) is 0.748. The van der Waals surface area contributed by atoms with E-state index >= 15 is 0 Å². The minimum atomic E-state index is 0.526. The first-order chi connectivity index (χ1) is 7.46. The molecule has 2 heteroatoms. The second kappa shape index (κ2) is 6.02. The Kier molecular flexibility index (Phi) is 5.26. The molecule has 0 aromatic carbocycles. The van der Waals surface area contributed by atoms with Crippen LogP contribution < -0.4 is 5.32 Å². The number of nitrogens with zero attached hydrogens (tertiary/aromatic N) is 1. The maximum atomic E-state index is 3.58. The van der Waals surface area contributed by atoms with Crippen LogP contribution in [0.1, 0.15) is 47.5 Å². The van der Waals surface area contributed by atoms with Gasteiger partial charge in [-0.1, -0.05) is 34.6 Å². The van der Waals surface area contributed by atoms with E-state index < -0.39 is 0 Å². The van der Waals surface area contributed by atoms with Gasteiger partial charge in [0, 0.05) is 19.1 Å². The highest BCUT2D eigenvalue weighted by Gasteiger charge is 2.33. The molecular weight excluding hydrogens is 196 g/mol. The van der Waals surface area contributed by atoms with Crippen molar-refractivity contribution in [3.63, 3.8) is 0 Å². The molecular formula is C14H30N2. The Morgan fingerprint density at radius 3 is 2.44 bits per heavy atom. The third kappa shape index (κ3) is 4.06. The number of hydrogen-bond donors (Lipinski definition) is 1. The van der Waals surface area contributed by atoms with Gasteiger partial charge in [0.15, 0.2) is 0 Å². The van der Waals surface area contributed by atoms with Crippen molar-refractivity contribution in [2.45, 2.75) is 53.5 Å². The lowest BCUT2D eigenvalue weighted by Crippen LogP contribution is -2.45. The molecule has 1 heterocycles. The van der Waals surface area contributed by atoms with Crippen molar-refractivity contribution in [1.82, 2.24) is 10.2 Å². The predicted molar refractivity (Wildman–Crippen MR) is 71.8 cm³/mol. The van der Waals surface area contributed by atoms with Gasteiger partial charge >= 0.3 is 0 Å². The standard InChI is InChI=1S/C14H30N2/c1-6-8-15-10-13(12(2)3)16-9-7-14(4,5)11-16/h12-13,15H,6-11H2,1-5H3. The van der Waals surface area contributed by atoms with Crippen LogP contribution >= 0.6 is 0 Å². The highest BCUT2D eigenvalue weighted by molar-refractivity contribution is 4.88. The summed E-state index contributed by atoms with van der Waals surface area (Å²) < 4.78 is 0. The van der Waals surface area contributed by atoms with E-state index in [0.717, 1.165) is 19.0 Å². The van der Waals surface area contributed by atoms with E-state index in [0.29, 0.717) is 11.5 Å². The molecule has 0 saturated carbocycles. The molecule has 1 rings (SSSR count). The van der Waals surface area contributed by atoms with Crippen molar-refractivity contribution < 1.29 is 0 Å². The van der Waals surface area contributed by atoms with Crippen LogP contribution in [0.25, 0.3) is 0 Å². The van der Waals surface area contributed by atoms with Gasteiger partial charge in [-0.05, 0) is 37.3 Å². The molecule has 1 aliphatic heterocycles. The number of nitrogens with one attached hydrogen (secondary N) is 1. The van der Waals surface area contributed by atoms with Crippen LogP contribution in [0, 0.1) is 11.3 Å². The fourth-order valence-corrected chi connectivity index (χ4v) is 2.65. The molecule has 2 nitrogen and oxygen atoms in total. The summed E-state index contributed by atoms with van der Waals surface area (Å²) in [5.41, 5.74) is 0.526. The Morgan fingerprint density at radius 2 is 2.00 bits per heavy atom. The quantitative estimate of drug-likeness (QED) is 0.701. The zero-order valence-electron chi connectivity index (χ0n) is 11.8. The zero-order valence-corrected chi connectivity index (χ0v) is 11.8. The van der Waals surface area contributed by atoms with Gasteiger partial charge < -0.3 is 5.32 Å². The van der Waals surface area contributed by atoms with Crippen LogP contribution in [0.3, 0.4) is 0 Å². The maximum absolute atomic E-state index is 3.58. The molecule has 1 unspecified atom stereocenters. The molecule has 1 N–H and O–H groups in total. The highest BCUT2D eigenvalue weighted by atomic mass is 15.2. The fourth-order valence-electron chi connectivity index (χ4n) is 2.65. The van der Waals surface area contributed by atoms with Gasteiger partial charge in [-0.3, -0.25) is 4.90 Å². The second-order valence-electron chi connectivity index (χ2n) is 6.40. The molecule has 1 aliphatic rings. The zero-order chi connectivity index (χ0) is 12.2. The smallest absolute Gasteiger partial charge is 0.0243 e. The summed E-state index contributed by atoms with van der Waals surface area (Å²) in [4.78, 5) is 2.69. The Labute approximate surface area is 102 Å². The van der Waals surface area contributed by atoms with E-state index in [4.69, 9.17) is 0 Å². The average molecular weight is 226 g/mol. The van der Waals surface area contributed by atoms with Crippen LogP contribution in [0.15, 0.2) is 0 Å². The maximum Gasteiger partial charge on any atom is 0.0243 e. The number of rotatable bonds is 6. The van der Waals surface area contributed by atoms with Gasteiger partial charge in [-0.25, -0.2) is 0 Å². The lowest BCUT2D eigenvalue weighted by Gasteiger charge is -2.32. The van der Waals surface area contributed by atoms with Crippen LogP contribution in [-0.4, -0.2) is 37.1 Å². The lowest BCUT2D eigenvalue weighted by molar-refractivity contribution is 0.170. The first-order valence-corrected chi connectivity index (χ1v) is 6.91. The van der Waals surface area contributed by atoms with Crippen LogP contribution in [-0.2, 0) is 0 Å². The molecule has 16 heavy (non-hydrogen) atoms. The fraction of sp³-hybridized carbons (Fsp3) is 1.00. The van der Waals surface area contributed by atoms with Crippen molar-refractivity contribution in [2.75, 3.05) is 26.2 Å². The third-order valence-electron chi connectivity index (χ3n) is 3.73.